The number of carbonyl (C=O) groups excluding carboxylic acids is 1. The number of Topliss-reactive ketones (excluding diaryl/α,β-unsaturated/α-hetero) is 1. The first-order chi connectivity index (χ1) is 13.7. The zero-order valence-electron chi connectivity index (χ0n) is 16.5. The molecule has 0 aliphatic carbocycles. The van der Waals surface area contributed by atoms with Crippen molar-refractivity contribution >= 4 is 28.6 Å². The number of carboxylic acid groups (broad SMARTS) is 2. The van der Waals surface area contributed by atoms with E-state index in [1.807, 2.05) is 20.0 Å². The fourth-order valence-corrected chi connectivity index (χ4v) is 3.06. The fraction of sp³-hybridized carbons (Fsp3) is 0.238. The van der Waals surface area contributed by atoms with Crippen LogP contribution in [0.15, 0.2) is 42.9 Å². The van der Waals surface area contributed by atoms with Crippen LogP contribution in [0.25, 0.3) is 10.9 Å². The molecule has 0 saturated carbocycles. The lowest BCUT2D eigenvalue weighted by Gasteiger charge is -2.01. The number of carboxylic acids is 2. The summed E-state index contributed by atoms with van der Waals surface area (Å²) in [5, 5.41) is 16.8. The first-order valence-corrected chi connectivity index (χ1v) is 8.87. The second-order valence-electron chi connectivity index (χ2n) is 6.61. The third-order valence-electron chi connectivity index (χ3n) is 4.34. The summed E-state index contributed by atoms with van der Waals surface area (Å²) in [7, 11) is 2.03. The van der Waals surface area contributed by atoms with Crippen LogP contribution in [-0.2, 0) is 34.3 Å². The third kappa shape index (κ3) is 5.90. The topological polar surface area (TPSA) is 125 Å². The van der Waals surface area contributed by atoms with E-state index in [2.05, 4.69) is 39.8 Å². The lowest BCUT2D eigenvalue weighted by molar-refractivity contribution is -0.134. The number of nitrogens with zero attached hydrogens (tertiary/aromatic N) is 2. The molecule has 0 spiro atoms. The van der Waals surface area contributed by atoms with Crippen molar-refractivity contribution < 1.29 is 24.6 Å². The number of H-pyrrole nitrogens is 1. The highest BCUT2D eigenvalue weighted by Crippen LogP contribution is 2.24. The van der Waals surface area contributed by atoms with E-state index in [-0.39, 0.29) is 5.78 Å². The Labute approximate surface area is 167 Å². The Balaban J connectivity index is 0.000000321. The molecular weight excluding hydrogens is 374 g/mol. The van der Waals surface area contributed by atoms with Crippen molar-refractivity contribution in [2.24, 2.45) is 7.05 Å². The SMILES string of the molecule is Cc1[nH]cnc1CC(=O)Cc1cn(C)c2c(C)cccc12.O=C(O)/C=C\C(=O)O. The van der Waals surface area contributed by atoms with Crippen LogP contribution in [0.1, 0.15) is 22.5 Å². The van der Waals surface area contributed by atoms with Gasteiger partial charge in [0.1, 0.15) is 5.78 Å². The molecule has 0 aliphatic heterocycles. The maximum atomic E-state index is 12.3. The van der Waals surface area contributed by atoms with Gasteiger partial charge in [0, 0.05) is 42.9 Å². The molecule has 152 valence electrons. The highest BCUT2D eigenvalue weighted by molar-refractivity contribution is 5.92. The van der Waals surface area contributed by atoms with Gasteiger partial charge < -0.3 is 19.8 Å². The molecule has 0 saturated heterocycles. The van der Waals surface area contributed by atoms with Gasteiger partial charge >= 0.3 is 11.9 Å². The van der Waals surface area contributed by atoms with Crippen LogP contribution in [0.5, 0.6) is 0 Å². The summed E-state index contributed by atoms with van der Waals surface area (Å²) < 4.78 is 2.10. The number of aliphatic carboxylic acids is 2. The lowest BCUT2D eigenvalue weighted by atomic mass is 10.0. The molecule has 0 aliphatic rings. The minimum Gasteiger partial charge on any atom is -0.478 e. The summed E-state index contributed by atoms with van der Waals surface area (Å²) in [5.74, 6) is -2.32. The van der Waals surface area contributed by atoms with Gasteiger partial charge in [-0.3, -0.25) is 4.79 Å². The highest BCUT2D eigenvalue weighted by atomic mass is 16.4. The van der Waals surface area contributed by atoms with E-state index in [1.165, 1.54) is 16.5 Å². The van der Waals surface area contributed by atoms with Gasteiger partial charge in [-0.25, -0.2) is 14.6 Å². The number of aromatic nitrogens is 3. The van der Waals surface area contributed by atoms with E-state index in [9.17, 15) is 14.4 Å². The second-order valence-corrected chi connectivity index (χ2v) is 6.61. The highest BCUT2D eigenvalue weighted by Gasteiger charge is 2.14. The van der Waals surface area contributed by atoms with Gasteiger partial charge in [-0.15, -0.1) is 0 Å². The van der Waals surface area contributed by atoms with Crippen LogP contribution in [0.4, 0.5) is 0 Å². The Morgan fingerprint density at radius 3 is 2.31 bits per heavy atom. The fourth-order valence-electron chi connectivity index (χ4n) is 3.06. The van der Waals surface area contributed by atoms with E-state index >= 15 is 0 Å². The molecule has 2 heterocycles. The van der Waals surface area contributed by atoms with E-state index in [0.29, 0.717) is 25.0 Å². The third-order valence-corrected chi connectivity index (χ3v) is 4.34. The quantitative estimate of drug-likeness (QED) is 0.549. The number of aryl methyl sites for hydroxylation is 3. The molecular formula is C21H23N3O5. The van der Waals surface area contributed by atoms with Gasteiger partial charge in [0.15, 0.2) is 0 Å². The minimum atomic E-state index is -1.26. The molecule has 2 aromatic heterocycles. The molecule has 1 aromatic carbocycles. The molecule has 3 N–H and O–H groups in total. The molecule has 29 heavy (non-hydrogen) atoms. The van der Waals surface area contributed by atoms with Crippen LogP contribution in [0.2, 0.25) is 0 Å². The number of fused-ring (bicyclic) bond motifs is 1. The zero-order chi connectivity index (χ0) is 21.6. The largest absolute Gasteiger partial charge is 0.478 e. The Bertz CT molecular complexity index is 1060. The summed E-state index contributed by atoms with van der Waals surface area (Å²) in [4.78, 5) is 38.6. The van der Waals surface area contributed by atoms with E-state index < -0.39 is 11.9 Å². The monoisotopic (exact) mass is 397 g/mol. The van der Waals surface area contributed by atoms with Crippen LogP contribution in [0, 0.1) is 13.8 Å². The molecule has 3 aromatic rings. The molecule has 8 nitrogen and oxygen atoms in total. The van der Waals surface area contributed by atoms with Crippen LogP contribution in [-0.4, -0.2) is 42.5 Å². The van der Waals surface area contributed by atoms with Crippen LogP contribution in [0.3, 0.4) is 0 Å². The van der Waals surface area contributed by atoms with Crippen molar-refractivity contribution in [3.8, 4) is 0 Å². The summed E-state index contributed by atoms with van der Waals surface area (Å²) in [6.07, 6.45) is 5.65. The zero-order valence-corrected chi connectivity index (χ0v) is 16.5. The van der Waals surface area contributed by atoms with Crippen molar-refractivity contribution in [1.29, 1.82) is 0 Å². The van der Waals surface area contributed by atoms with E-state index in [0.717, 1.165) is 17.0 Å². The number of hydrogen-bond donors (Lipinski definition) is 3. The molecule has 8 heteroatoms. The van der Waals surface area contributed by atoms with Gasteiger partial charge in [0.05, 0.1) is 24.0 Å². The van der Waals surface area contributed by atoms with E-state index in [4.69, 9.17) is 10.2 Å². The van der Waals surface area contributed by atoms with Crippen LogP contribution < -0.4 is 0 Å². The van der Waals surface area contributed by atoms with Gasteiger partial charge in [-0.2, -0.15) is 0 Å². The Kier molecular flexibility index (Phi) is 7.08. The number of nitrogens with one attached hydrogen (secondary N) is 1. The number of carbonyl (C=O) groups is 3. The Morgan fingerprint density at radius 1 is 1.10 bits per heavy atom. The molecule has 3 rings (SSSR count). The molecule has 0 radical (unpaired) electrons. The summed E-state index contributed by atoms with van der Waals surface area (Å²) in [6, 6.07) is 6.23. The van der Waals surface area contributed by atoms with Gasteiger partial charge in [0.2, 0.25) is 0 Å². The van der Waals surface area contributed by atoms with Crippen LogP contribution >= 0.6 is 0 Å². The van der Waals surface area contributed by atoms with Gasteiger partial charge in [0.25, 0.3) is 0 Å². The molecule has 0 fully saturated rings. The lowest BCUT2D eigenvalue weighted by Crippen LogP contribution is -2.07. The molecule has 0 amide bonds. The van der Waals surface area contributed by atoms with Crippen molar-refractivity contribution in [2.45, 2.75) is 26.7 Å². The summed E-state index contributed by atoms with van der Waals surface area (Å²) >= 11 is 0. The van der Waals surface area contributed by atoms with Gasteiger partial charge in [-0.1, -0.05) is 18.2 Å². The number of hydrogen-bond acceptors (Lipinski definition) is 4. The van der Waals surface area contributed by atoms with Gasteiger partial charge in [-0.05, 0) is 25.0 Å². The Morgan fingerprint density at radius 2 is 1.76 bits per heavy atom. The molecule has 0 bridgehead atoms. The predicted molar refractivity (Wildman–Crippen MR) is 108 cm³/mol. The standard InChI is InChI=1S/C17H19N3O.C4H4O4/c1-11-5-4-6-15-13(9-20(3)17(11)15)7-14(21)8-16-12(2)18-10-19-16;5-3(6)1-2-4(7)8/h4-6,9-10H,7-8H2,1-3H3,(H,18,19);1-2H,(H,5,6)(H,7,8)/b;2-1-. The van der Waals surface area contributed by atoms with Crippen molar-refractivity contribution in [2.75, 3.05) is 0 Å². The molecule has 0 atom stereocenters. The maximum Gasteiger partial charge on any atom is 0.328 e. The number of aromatic amines is 1. The normalized spacial score (nSPS) is 10.7. The maximum absolute atomic E-state index is 12.3. The number of para-hydroxylation sites is 1. The van der Waals surface area contributed by atoms with Crippen molar-refractivity contribution in [3.63, 3.8) is 0 Å². The minimum absolute atomic E-state index is 0.194. The first-order valence-electron chi connectivity index (χ1n) is 8.87. The first kappa shape index (κ1) is 21.6. The number of ketones is 1. The average molecular weight is 397 g/mol. The summed E-state index contributed by atoms with van der Waals surface area (Å²) in [5.41, 5.74) is 5.34. The van der Waals surface area contributed by atoms with Crippen molar-refractivity contribution in [1.82, 2.24) is 14.5 Å². The second kappa shape index (κ2) is 9.50. The Hall–Kier alpha value is -3.68. The number of imidazole rings is 1. The smallest absolute Gasteiger partial charge is 0.328 e. The molecule has 0 unspecified atom stereocenters. The number of rotatable bonds is 6. The van der Waals surface area contributed by atoms with E-state index in [1.54, 1.807) is 6.33 Å². The van der Waals surface area contributed by atoms with Crippen molar-refractivity contribution in [3.05, 3.63) is 65.4 Å². The summed E-state index contributed by atoms with van der Waals surface area (Å²) in [6.45, 7) is 4.04. The number of benzene rings is 1. The predicted octanol–water partition coefficient (Wildman–Crippen LogP) is 2.58. The average Bonchev–Trinajstić information content (AvgIpc) is 3.18.